The second-order valence-corrected chi connectivity index (χ2v) is 7.72. The molecular weight excluding hydrogens is 407 g/mol. The van der Waals surface area contributed by atoms with Crippen LogP contribution in [0.3, 0.4) is 0 Å². The molecule has 2 N–H and O–H groups in total. The van der Waals surface area contributed by atoms with Crippen LogP contribution in [0.2, 0.25) is 0 Å². The molecule has 2 fully saturated rings. The zero-order valence-corrected chi connectivity index (χ0v) is 16.3. The summed E-state index contributed by atoms with van der Waals surface area (Å²) in [7, 11) is 0. The van der Waals surface area contributed by atoms with Crippen molar-refractivity contribution in [1.82, 2.24) is 0 Å². The largest absolute Gasteiger partial charge is 0.388 e. The zero-order valence-electron chi connectivity index (χ0n) is 14.8. The number of aliphatic hydroxyl groups is 2. The number of benzene rings is 2. The highest BCUT2D eigenvalue weighted by atomic mass is 35.5. The van der Waals surface area contributed by atoms with E-state index in [9.17, 15) is 10.2 Å². The fourth-order valence-corrected chi connectivity index (χ4v) is 3.88. The lowest BCUT2D eigenvalue weighted by atomic mass is 10.0. The topological polar surface area (TPSA) is 77.4 Å². The van der Waals surface area contributed by atoms with Crippen molar-refractivity contribution in [1.29, 1.82) is 0 Å². The van der Waals surface area contributed by atoms with Crippen molar-refractivity contribution < 1.29 is 29.2 Å². The third-order valence-corrected chi connectivity index (χ3v) is 5.63. The van der Waals surface area contributed by atoms with Crippen molar-refractivity contribution in [3.05, 3.63) is 71.8 Å². The van der Waals surface area contributed by atoms with Gasteiger partial charge >= 0.3 is 0 Å². The van der Waals surface area contributed by atoms with Crippen LogP contribution in [0.15, 0.2) is 60.7 Å². The maximum atomic E-state index is 10.8. The summed E-state index contributed by atoms with van der Waals surface area (Å²) in [4.78, 5) is 0. The fraction of sp³-hybridized carbons (Fsp3) is 0.400. The van der Waals surface area contributed by atoms with Crippen LogP contribution < -0.4 is 0 Å². The Morgan fingerprint density at radius 3 is 1.89 bits per heavy atom. The van der Waals surface area contributed by atoms with Crippen LogP contribution >= 0.6 is 23.2 Å². The van der Waals surface area contributed by atoms with Gasteiger partial charge in [-0.3, -0.25) is 0 Å². The third kappa shape index (κ3) is 3.79. The van der Waals surface area contributed by atoms with E-state index in [0.717, 1.165) is 0 Å². The van der Waals surface area contributed by atoms with Crippen molar-refractivity contribution >= 4 is 23.2 Å². The molecule has 2 saturated heterocycles. The number of aliphatic hydroxyl groups excluding tert-OH is 2. The van der Waals surface area contributed by atoms with E-state index in [2.05, 4.69) is 0 Å². The first-order valence-corrected chi connectivity index (χ1v) is 9.65. The van der Waals surface area contributed by atoms with Crippen LogP contribution in [-0.4, -0.2) is 47.8 Å². The van der Waals surface area contributed by atoms with E-state index < -0.39 is 34.9 Å². The Morgan fingerprint density at radius 2 is 1.32 bits per heavy atom. The summed E-state index contributed by atoms with van der Waals surface area (Å²) >= 11 is 13.0. The quantitative estimate of drug-likeness (QED) is 0.731. The lowest BCUT2D eigenvalue weighted by Gasteiger charge is -2.42. The molecule has 2 aromatic carbocycles. The lowest BCUT2D eigenvalue weighted by Crippen LogP contribution is -2.55. The van der Waals surface area contributed by atoms with Crippen molar-refractivity contribution in [2.45, 2.75) is 34.9 Å². The van der Waals surface area contributed by atoms with Crippen LogP contribution in [0.5, 0.6) is 0 Å². The number of ether oxygens (including phenoxy) is 4. The van der Waals surface area contributed by atoms with E-state index in [-0.39, 0.29) is 13.2 Å². The Kier molecular flexibility index (Phi) is 5.66. The van der Waals surface area contributed by atoms with Crippen LogP contribution in [0.4, 0.5) is 0 Å². The molecule has 150 valence electrons. The van der Waals surface area contributed by atoms with Gasteiger partial charge in [0.05, 0.1) is 13.2 Å². The molecule has 0 radical (unpaired) electrons. The monoisotopic (exact) mass is 426 g/mol. The number of halogens is 2. The number of alkyl halides is 2. The highest BCUT2D eigenvalue weighted by Gasteiger charge is 2.51. The Bertz CT molecular complexity index is 794. The number of hydrogen-bond donors (Lipinski definition) is 2. The Labute approximate surface area is 172 Å². The molecule has 4 rings (SSSR count). The van der Waals surface area contributed by atoms with E-state index in [1.807, 2.05) is 24.3 Å². The Balaban J connectivity index is 1.50. The molecule has 28 heavy (non-hydrogen) atoms. The minimum Gasteiger partial charge on any atom is -0.388 e. The van der Waals surface area contributed by atoms with Gasteiger partial charge in [-0.1, -0.05) is 83.9 Å². The normalized spacial score (nSPS) is 36.9. The summed E-state index contributed by atoms with van der Waals surface area (Å²) < 4.78 is 22.7. The first-order valence-electron chi connectivity index (χ1n) is 8.90. The molecule has 0 amide bonds. The molecule has 8 heteroatoms. The molecule has 0 bridgehead atoms. The maximum Gasteiger partial charge on any atom is 0.276 e. The van der Waals surface area contributed by atoms with Crippen LogP contribution in [0.1, 0.15) is 11.1 Å². The average molecular weight is 427 g/mol. The summed E-state index contributed by atoms with van der Waals surface area (Å²) in [5.41, 5.74) is 1.16. The van der Waals surface area contributed by atoms with Gasteiger partial charge < -0.3 is 29.2 Å². The highest BCUT2D eigenvalue weighted by molar-refractivity contribution is 6.22. The van der Waals surface area contributed by atoms with Crippen molar-refractivity contribution in [2.24, 2.45) is 0 Å². The van der Waals surface area contributed by atoms with E-state index >= 15 is 0 Å². The predicted molar refractivity (Wildman–Crippen MR) is 102 cm³/mol. The molecule has 6 nitrogen and oxygen atoms in total. The van der Waals surface area contributed by atoms with Gasteiger partial charge in [0.1, 0.15) is 24.4 Å². The van der Waals surface area contributed by atoms with E-state index in [4.69, 9.17) is 42.1 Å². The minimum absolute atomic E-state index is 0.0214. The molecular formula is C20H20Cl2O6. The first kappa shape index (κ1) is 20.1. The summed E-state index contributed by atoms with van der Waals surface area (Å²) in [6.07, 6.45) is -4.23. The molecule has 0 aliphatic carbocycles. The van der Waals surface area contributed by atoms with Crippen molar-refractivity contribution in [3.63, 3.8) is 0 Å². The number of hydrogen-bond acceptors (Lipinski definition) is 6. The van der Waals surface area contributed by atoms with E-state index in [1.54, 1.807) is 36.4 Å². The Morgan fingerprint density at radius 1 is 0.821 bits per heavy atom. The van der Waals surface area contributed by atoms with Crippen LogP contribution in [0, 0.1) is 0 Å². The Hall–Kier alpha value is -1.22. The molecule has 0 aromatic heterocycles. The molecule has 0 spiro atoms. The molecule has 0 saturated carbocycles. The SMILES string of the molecule is O[C@H]([C@H]1OC(Cl)(c2ccccc2)OC[C@H]1O)[C@@H]1COC(Cl)(c2ccccc2)O1. The van der Waals surface area contributed by atoms with Gasteiger partial charge in [-0.05, 0) is 0 Å². The average Bonchev–Trinajstić information content (AvgIpc) is 3.14. The smallest absolute Gasteiger partial charge is 0.276 e. The first-order chi connectivity index (χ1) is 13.4. The molecule has 2 aliphatic heterocycles. The summed E-state index contributed by atoms with van der Waals surface area (Å²) in [6.45, 7) is -0.0912. The molecule has 6 atom stereocenters. The predicted octanol–water partition coefficient (Wildman–Crippen LogP) is 2.64. The van der Waals surface area contributed by atoms with Crippen LogP contribution in [0.25, 0.3) is 0 Å². The van der Waals surface area contributed by atoms with Gasteiger partial charge in [0.15, 0.2) is 0 Å². The van der Waals surface area contributed by atoms with Crippen LogP contribution in [-0.2, 0) is 29.4 Å². The van der Waals surface area contributed by atoms with Gasteiger partial charge in [-0.25, -0.2) is 0 Å². The number of rotatable bonds is 4. The third-order valence-electron chi connectivity index (χ3n) is 4.80. The summed E-state index contributed by atoms with van der Waals surface area (Å²) in [5.74, 6) is 0. The maximum absolute atomic E-state index is 10.8. The second-order valence-electron chi connectivity index (χ2n) is 6.72. The minimum atomic E-state index is -1.62. The van der Waals surface area contributed by atoms with E-state index in [1.165, 1.54) is 0 Å². The van der Waals surface area contributed by atoms with Gasteiger partial charge in [0, 0.05) is 11.1 Å². The van der Waals surface area contributed by atoms with Gasteiger partial charge in [-0.2, -0.15) is 0 Å². The molecule has 2 aromatic rings. The summed E-state index contributed by atoms with van der Waals surface area (Å²) in [5, 5.41) is 18.0. The molecule has 2 unspecified atom stereocenters. The van der Waals surface area contributed by atoms with Gasteiger partial charge in [0.25, 0.3) is 10.5 Å². The standard InChI is InChI=1S/C20H20Cl2O6/c21-19(13-7-3-1-4-8-13)26-12-16(27-19)17(24)18-15(23)11-25-20(22,28-18)14-9-5-2-6-10-14/h1-10,15-18,23-24H,11-12H2/t15-,16+,17+,18+,19?,20?/m1/s1. The van der Waals surface area contributed by atoms with E-state index in [0.29, 0.717) is 11.1 Å². The van der Waals surface area contributed by atoms with Gasteiger partial charge in [0.2, 0.25) is 0 Å². The summed E-state index contributed by atoms with van der Waals surface area (Å²) in [6, 6.07) is 17.9. The highest BCUT2D eigenvalue weighted by Crippen LogP contribution is 2.42. The van der Waals surface area contributed by atoms with Gasteiger partial charge in [-0.15, -0.1) is 0 Å². The second kappa shape index (κ2) is 7.89. The van der Waals surface area contributed by atoms with Crippen molar-refractivity contribution in [2.75, 3.05) is 13.2 Å². The molecule has 2 heterocycles. The lowest BCUT2D eigenvalue weighted by molar-refractivity contribution is -0.308. The fourth-order valence-electron chi connectivity index (χ4n) is 3.28. The zero-order chi connectivity index (χ0) is 19.8. The van der Waals surface area contributed by atoms with Crippen molar-refractivity contribution in [3.8, 4) is 0 Å². The molecule has 2 aliphatic rings.